The maximum Gasteiger partial charge on any atom is 0.244 e. The molecule has 0 bridgehead atoms. The van der Waals surface area contributed by atoms with Crippen LogP contribution in [0.4, 0.5) is 0 Å². The number of furan rings is 1. The third-order valence-corrected chi connectivity index (χ3v) is 6.59. The Balaban J connectivity index is 1.56. The van der Waals surface area contributed by atoms with Gasteiger partial charge in [-0.2, -0.15) is 0 Å². The van der Waals surface area contributed by atoms with E-state index >= 15 is 0 Å². The van der Waals surface area contributed by atoms with Crippen LogP contribution < -0.4 is 10.1 Å². The number of amides is 1. The zero-order valence-electron chi connectivity index (χ0n) is 20.3. The highest BCUT2D eigenvalue weighted by molar-refractivity contribution is 5.98. The van der Waals surface area contributed by atoms with Gasteiger partial charge in [0.1, 0.15) is 17.1 Å². The molecule has 33 heavy (non-hydrogen) atoms. The van der Waals surface area contributed by atoms with Crippen LogP contribution in [0.15, 0.2) is 46.9 Å². The molecular weight excluding hydrogens is 410 g/mol. The van der Waals surface area contributed by atoms with E-state index in [9.17, 15) is 4.79 Å². The molecule has 0 saturated heterocycles. The predicted molar refractivity (Wildman–Crippen MR) is 135 cm³/mol. The van der Waals surface area contributed by atoms with E-state index in [0.29, 0.717) is 6.61 Å². The third-order valence-electron chi connectivity index (χ3n) is 6.59. The number of rotatable bonds is 8. The number of allylic oxidation sites excluding steroid dienone is 1. The van der Waals surface area contributed by atoms with Crippen molar-refractivity contribution in [3.63, 3.8) is 0 Å². The van der Waals surface area contributed by atoms with Crippen molar-refractivity contribution in [3.05, 3.63) is 70.5 Å². The SMILES string of the molecule is CCOc1c(/C(C)=C/C(=O)NC(C)CCc2ccccc2)cc2c3c(oc2c1C)CCCC3. The van der Waals surface area contributed by atoms with Gasteiger partial charge in [0.2, 0.25) is 5.91 Å². The minimum absolute atomic E-state index is 0.0671. The van der Waals surface area contributed by atoms with Crippen molar-refractivity contribution in [3.8, 4) is 5.75 Å². The zero-order chi connectivity index (χ0) is 23.4. The molecule has 1 amide bonds. The zero-order valence-corrected chi connectivity index (χ0v) is 20.3. The van der Waals surface area contributed by atoms with Gasteiger partial charge in [-0.1, -0.05) is 30.3 Å². The van der Waals surface area contributed by atoms with E-state index in [4.69, 9.17) is 9.15 Å². The first-order valence-electron chi connectivity index (χ1n) is 12.2. The molecule has 3 aromatic rings. The summed E-state index contributed by atoms with van der Waals surface area (Å²) in [5.74, 6) is 1.86. The Bertz CT molecular complexity index is 1160. The van der Waals surface area contributed by atoms with Crippen LogP contribution in [0, 0.1) is 6.92 Å². The summed E-state index contributed by atoms with van der Waals surface area (Å²) in [7, 11) is 0. The van der Waals surface area contributed by atoms with Crippen molar-refractivity contribution >= 4 is 22.4 Å². The molecule has 4 heteroatoms. The number of aryl methyl sites for hydroxylation is 4. The van der Waals surface area contributed by atoms with E-state index < -0.39 is 0 Å². The van der Waals surface area contributed by atoms with Crippen molar-refractivity contribution in [2.75, 3.05) is 6.61 Å². The third kappa shape index (κ3) is 5.16. The molecule has 2 aromatic carbocycles. The van der Waals surface area contributed by atoms with Gasteiger partial charge in [0, 0.05) is 40.6 Å². The fourth-order valence-corrected chi connectivity index (χ4v) is 4.82. The lowest BCUT2D eigenvalue weighted by Gasteiger charge is -2.16. The van der Waals surface area contributed by atoms with E-state index in [1.165, 1.54) is 29.4 Å². The first-order chi connectivity index (χ1) is 16.0. The smallest absolute Gasteiger partial charge is 0.244 e. The van der Waals surface area contributed by atoms with E-state index in [-0.39, 0.29) is 11.9 Å². The average Bonchev–Trinajstić information content (AvgIpc) is 3.19. The number of ether oxygens (including phenoxy) is 1. The second kappa shape index (κ2) is 10.3. The molecule has 1 aliphatic carbocycles. The topological polar surface area (TPSA) is 51.5 Å². The van der Waals surface area contributed by atoms with Crippen LogP contribution in [0.5, 0.6) is 5.75 Å². The highest BCUT2D eigenvalue weighted by atomic mass is 16.5. The highest BCUT2D eigenvalue weighted by Crippen LogP contribution is 2.41. The van der Waals surface area contributed by atoms with Gasteiger partial charge in [0.25, 0.3) is 0 Å². The highest BCUT2D eigenvalue weighted by Gasteiger charge is 2.23. The Morgan fingerprint density at radius 2 is 1.97 bits per heavy atom. The van der Waals surface area contributed by atoms with Gasteiger partial charge in [-0.25, -0.2) is 0 Å². The molecule has 174 valence electrons. The lowest BCUT2D eigenvalue weighted by Crippen LogP contribution is -2.31. The minimum atomic E-state index is -0.0671. The molecule has 0 saturated carbocycles. The number of fused-ring (bicyclic) bond motifs is 3. The summed E-state index contributed by atoms with van der Waals surface area (Å²) in [6, 6.07) is 12.6. The molecular formula is C29H35NO3. The fourth-order valence-electron chi connectivity index (χ4n) is 4.82. The van der Waals surface area contributed by atoms with Gasteiger partial charge >= 0.3 is 0 Å². The molecule has 1 aromatic heterocycles. The van der Waals surface area contributed by atoms with Crippen molar-refractivity contribution in [1.29, 1.82) is 0 Å². The maximum atomic E-state index is 12.8. The largest absolute Gasteiger partial charge is 0.493 e. The molecule has 1 unspecified atom stereocenters. The Labute approximate surface area is 197 Å². The molecule has 1 aliphatic rings. The maximum absolute atomic E-state index is 12.8. The standard InChI is InChI=1S/C29H35NO3/c1-5-32-28-21(4)29-25(23-13-9-10-14-26(23)33-29)18-24(28)19(2)17-27(31)30-20(3)15-16-22-11-7-6-8-12-22/h6-8,11-12,17-18,20H,5,9-10,13-16H2,1-4H3,(H,30,31)/b19-17+. The van der Waals surface area contributed by atoms with E-state index in [1.54, 1.807) is 6.08 Å². The van der Waals surface area contributed by atoms with Crippen LogP contribution >= 0.6 is 0 Å². The molecule has 1 atom stereocenters. The molecule has 0 radical (unpaired) electrons. The van der Waals surface area contributed by atoms with Crippen molar-refractivity contribution in [2.24, 2.45) is 0 Å². The molecule has 4 rings (SSSR count). The molecule has 4 nitrogen and oxygen atoms in total. The molecule has 1 N–H and O–H groups in total. The first kappa shape index (κ1) is 23.2. The summed E-state index contributed by atoms with van der Waals surface area (Å²) in [6.07, 6.45) is 7.98. The van der Waals surface area contributed by atoms with Crippen LogP contribution in [-0.2, 0) is 24.1 Å². The van der Waals surface area contributed by atoms with E-state index in [0.717, 1.165) is 59.5 Å². The summed E-state index contributed by atoms with van der Waals surface area (Å²) in [5, 5.41) is 4.30. The monoisotopic (exact) mass is 445 g/mol. The van der Waals surface area contributed by atoms with Gasteiger partial charge in [-0.05, 0) is 77.0 Å². The van der Waals surface area contributed by atoms with Crippen LogP contribution in [0.3, 0.4) is 0 Å². The Kier molecular flexibility index (Phi) is 7.22. The molecule has 0 fully saturated rings. The lowest BCUT2D eigenvalue weighted by atomic mass is 9.93. The Morgan fingerprint density at radius 3 is 2.73 bits per heavy atom. The minimum Gasteiger partial charge on any atom is -0.493 e. The van der Waals surface area contributed by atoms with E-state index in [2.05, 4.69) is 49.5 Å². The van der Waals surface area contributed by atoms with Crippen molar-refractivity contribution in [2.45, 2.75) is 72.3 Å². The average molecular weight is 446 g/mol. The normalized spacial score (nSPS) is 14.7. The number of hydrogen-bond donors (Lipinski definition) is 1. The number of nitrogens with one attached hydrogen (secondary N) is 1. The number of carbonyl (C=O) groups is 1. The summed E-state index contributed by atoms with van der Waals surface area (Å²) in [5.41, 5.74) is 6.45. The van der Waals surface area contributed by atoms with Crippen LogP contribution in [0.2, 0.25) is 0 Å². The van der Waals surface area contributed by atoms with Gasteiger partial charge in [-0.15, -0.1) is 0 Å². The summed E-state index contributed by atoms with van der Waals surface area (Å²) < 4.78 is 12.3. The molecule has 1 heterocycles. The fraction of sp³-hybridized carbons (Fsp3) is 0.414. The lowest BCUT2D eigenvalue weighted by molar-refractivity contribution is -0.117. The second-order valence-corrected chi connectivity index (χ2v) is 9.16. The van der Waals surface area contributed by atoms with E-state index in [1.807, 2.05) is 19.9 Å². The summed E-state index contributed by atoms with van der Waals surface area (Å²) in [6.45, 7) is 8.66. The van der Waals surface area contributed by atoms with Gasteiger partial charge in [-0.3, -0.25) is 4.79 Å². The van der Waals surface area contributed by atoms with Crippen LogP contribution in [-0.4, -0.2) is 18.6 Å². The number of benzene rings is 2. The van der Waals surface area contributed by atoms with Crippen molar-refractivity contribution in [1.82, 2.24) is 5.32 Å². The number of carbonyl (C=O) groups excluding carboxylic acids is 1. The molecule has 0 aliphatic heterocycles. The molecule has 0 spiro atoms. The Morgan fingerprint density at radius 1 is 1.21 bits per heavy atom. The van der Waals surface area contributed by atoms with Gasteiger partial charge < -0.3 is 14.5 Å². The van der Waals surface area contributed by atoms with Gasteiger partial charge in [0.15, 0.2) is 0 Å². The van der Waals surface area contributed by atoms with Gasteiger partial charge in [0.05, 0.1) is 6.61 Å². The summed E-state index contributed by atoms with van der Waals surface area (Å²) >= 11 is 0. The quantitative estimate of drug-likeness (QED) is 0.400. The van der Waals surface area contributed by atoms with Crippen LogP contribution in [0.1, 0.15) is 68.0 Å². The first-order valence-corrected chi connectivity index (χ1v) is 12.2. The predicted octanol–water partition coefficient (Wildman–Crippen LogP) is 6.56. The van der Waals surface area contributed by atoms with Crippen molar-refractivity contribution < 1.29 is 13.9 Å². The summed E-state index contributed by atoms with van der Waals surface area (Å²) in [4.78, 5) is 12.8. The van der Waals surface area contributed by atoms with Crippen LogP contribution in [0.25, 0.3) is 16.5 Å². The number of hydrogen-bond acceptors (Lipinski definition) is 3. The second-order valence-electron chi connectivity index (χ2n) is 9.16. The Hall–Kier alpha value is -3.01.